The highest BCUT2D eigenvalue weighted by Gasteiger charge is 2.29. The summed E-state index contributed by atoms with van der Waals surface area (Å²) in [6.07, 6.45) is 0.703. The van der Waals surface area contributed by atoms with Crippen molar-refractivity contribution >= 4 is 33.2 Å². The molecule has 3 rings (SSSR count). The Bertz CT molecular complexity index is 999. The summed E-state index contributed by atoms with van der Waals surface area (Å²) in [7, 11) is -3.68. The number of fused-ring (bicyclic) bond motifs is 1. The van der Waals surface area contributed by atoms with E-state index in [1.807, 2.05) is 11.4 Å². The lowest BCUT2D eigenvalue weighted by atomic mass is 10.1. The van der Waals surface area contributed by atoms with Crippen molar-refractivity contribution < 1.29 is 18.0 Å². The van der Waals surface area contributed by atoms with Gasteiger partial charge in [-0.05, 0) is 41.6 Å². The van der Waals surface area contributed by atoms with Gasteiger partial charge in [0, 0.05) is 42.5 Å². The number of carbonyl (C=O) groups is 2. The number of benzene rings is 1. The lowest BCUT2D eigenvalue weighted by Gasteiger charge is -2.26. The summed E-state index contributed by atoms with van der Waals surface area (Å²) in [5.74, 6) is -0.574. The predicted octanol–water partition coefficient (Wildman–Crippen LogP) is 2.00. The number of carbonyl (C=O) groups excluding carboxylic acids is 2. The summed E-state index contributed by atoms with van der Waals surface area (Å²) in [4.78, 5) is 25.2. The smallest absolute Gasteiger partial charge is 0.251 e. The molecule has 0 saturated carbocycles. The van der Waals surface area contributed by atoms with E-state index in [2.05, 4.69) is 10.6 Å². The average Bonchev–Trinajstić information content (AvgIpc) is 3.18. The van der Waals surface area contributed by atoms with Gasteiger partial charge >= 0.3 is 0 Å². The first kappa shape index (κ1) is 21.5. The molecule has 1 aliphatic rings. The van der Waals surface area contributed by atoms with Crippen LogP contribution in [-0.2, 0) is 27.8 Å². The minimum Gasteiger partial charge on any atom is -0.354 e. The van der Waals surface area contributed by atoms with Gasteiger partial charge in [0.05, 0.1) is 4.90 Å². The highest BCUT2D eigenvalue weighted by atomic mass is 32.2. The van der Waals surface area contributed by atoms with Crippen molar-refractivity contribution in [2.45, 2.75) is 31.7 Å². The Hall–Kier alpha value is -2.23. The first-order chi connectivity index (χ1) is 13.8. The Balaban J connectivity index is 1.64. The van der Waals surface area contributed by atoms with Gasteiger partial charge in [-0.15, -0.1) is 11.3 Å². The number of hydrogen-bond acceptors (Lipinski definition) is 5. The van der Waals surface area contributed by atoms with Crippen LogP contribution in [0.4, 0.5) is 0 Å². The lowest BCUT2D eigenvalue weighted by molar-refractivity contribution is -0.123. The van der Waals surface area contributed by atoms with E-state index in [4.69, 9.17) is 0 Å². The maximum Gasteiger partial charge on any atom is 0.251 e. The molecule has 1 aliphatic heterocycles. The largest absolute Gasteiger partial charge is 0.354 e. The van der Waals surface area contributed by atoms with E-state index in [1.54, 1.807) is 37.3 Å². The quantitative estimate of drug-likeness (QED) is 0.650. The van der Waals surface area contributed by atoms with Gasteiger partial charge in [0.2, 0.25) is 15.9 Å². The maximum absolute atomic E-state index is 13.0. The van der Waals surface area contributed by atoms with Crippen molar-refractivity contribution in [1.29, 1.82) is 0 Å². The molecule has 29 heavy (non-hydrogen) atoms. The number of nitrogens with zero attached hydrogens (tertiary/aromatic N) is 1. The molecule has 0 bridgehead atoms. The highest BCUT2D eigenvalue weighted by molar-refractivity contribution is 7.89. The van der Waals surface area contributed by atoms with Gasteiger partial charge in [-0.25, -0.2) is 8.42 Å². The van der Waals surface area contributed by atoms with Crippen LogP contribution in [0.1, 0.15) is 34.6 Å². The molecule has 0 unspecified atom stereocenters. The topological polar surface area (TPSA) is 95.6 Å². The van der Waals surface area contributed by atoms with Crippen molar-refractivity contribution in [1.82, 2.24) is 14.9 Å². The van der Waals surface area contributed by atoms with Gasteiger partial charge in [-0.2, -0.15) is 4.31 Å². The van der Waals surface area contributed by atoms with Crippen molar-refractivity contribution in [2.24, 2.45) is 5.92 Å². The first-order valence-corrected chi connectivity index (χ1v) is 11.8. The number of amides is 2. The van der Waals surface area contributed by atoms with Gasteiger partial charge < -0.3 is 10.6 Å². The van der Waals surface area contributed by atoms with Crippen LogP contribution < -0.4 is 10.6 Å². The van der Waals surface area contributed by atoms with E-state index < -0.39 is 10.0 Å². The summed E-state index contributed by atoms with van der Waals surface area (Å²) >= 11 is 1.65. The van der Waals surface area contributed by atoms with Gasteiger partial charge in [-0.3, -0.25) is 9.59 Å². The van der Waals surface area contributed by atoms with Crippen molar-refractivity contribution in [3.8, 4) is 0 Å². The molecule has 7 nitrogen and oxygen atoms in total. The van der Waals surface area contributed by atoms with Crippen LogP contribution in [0.3, 0.4) is 0 Å². The zero-order chi connectivity index (χ0) is 21.0. The van der Waals surface area contributed by atoms with E-state index >= 15 is 0 Å². The van der Waals surface area contributed by atoms with Gasteiger partial charge in [0.1, 0.15) is 0 Å². The molecule has 0 radical (unpaired) electrons. The van der Waals surface area contributed by atoms with Crippen molar-refractivity contribution in [3.05, 3.63) is 51.7 Å². The van der Waals surface area contributed by atoms with Crippen molar-refractivity contribution in [2.75, 3.05) is 19.6 Å². The SMILES string of the molecule is CC(C)C(=O)NCCNC(=O)c1cccc(S(=O)(=O)N2CCc3sccc3C2)c1. The molecule has 2 aromatic rings. The van der Waals surface area contributed by atoms with E-state index in [0.29, 0.717) is 26.1 Å². The molecule has 0 spiro atoms. The summed E-state index contributed by atoms with van der Waals surface area (Å²) in [5, 5.41) is 7.40. The molecule has 156 valence electrons. The van der Waals surface area contributed by atoms with E-state index in [0.717, 1.165) is 5.56 Å². The fourth-order valence-corrected chi connectivity index (χ4v) is 5.40. The Labute approximate surface area is 175 Å². The molecule has 2 N–H and O–H groups in total. The molecule has 1 aromatic heterocycles. The van der Waals surface area contributed by atoms with Crippen LogP contribution in [0.2, 0.25) is 0 Å². The highest BCUT2D eigenvalue weighted by Crippen LogP contribution is 2.28. The standard InChI is InChI=1S/C20H25N3O4S2/c1-14(2)19(24)21-8-9-22-20(25)15-4-3-5-17(12-15)29(26,27)23-10-6-18-16(13-23)7-11-28-18/h3-5,7,11-12,14H,6,8-10,13H2,1-2H3,(H,21,24)(H,22,25). The van der Waals surface area contributed by atoms with E-state index in [-0.39, 0.29) is 34.7 Å². The zero-order valence-corrected chi connectivity index (χ0v) is 18.1. The zero-order valence-electron chi connectivity index (χ0n) is 16.5. The Kier molecular flexibility index (Phi) is 6.71. The fourth-order valence-electron chi connectivity index (χ4n) is 3.04. The normalized spacial score (nSPS) is 14.4. The maximum atomic E-state index is 13.0. The Morgan fingerprint density at radius 3 is 2.69 bits per heavy atom. The van der Waals surface area contributed by atoms with Crippen LogP contribution in [0.15, 0.2) is 40.6 Å². The molecule has 2 heterocycles. The minimum atomic E-state index is -3.68. The monoisotopic (exact) mass is 435 g/mol. The van der Waals surface area contributed by atoms with Gasteiger partial charge in [0.15, 0.2) is 0 Å². The number of sulfonamides is 1. The van der Waals surface area contributed by atoms with Crippen LogP contribution in [-0.4, -0.2) is 44.2 Å². The number of nitrogens with one attached hydrogen (secondary N) is 2. The second-order valence-electron chi connectivity index (χ2n) is 7.19. The summed E-state index contributed by atoms with van der Waals surface area (Å²) < 4.78 is 27.5. The van der Waals surface area contributed by atoms with Crippen LogP contribution in [0, 0.1) is 5.92 Å². The third-order valence-electron chi connectivity index (χ3n) is 4.74. The van der Waals surface area contributed by atoms with Crippen LogP contribution >= 0.6 is 11.3 Å². The van der Waals surface area contributed by atoms with Gasteiger partial charge in [-0.1, -0.05) is 19.9 Å². The predicted molar refractivity (Wildman–Crippen MR) is 112 cm³/mol. The van der Waals surface area contributed by atoms with Gasteiger partial charge in [0.25, 0.3) is 5.91 Å². The minimum absolute atomic E-state index is 0.0809. The second-order valence-corrected chi connectivity index (χ2v) is 10.1. The first-order valence-electron chi connectivity index (χ1n) is 9.50. The fraction of sp³-hybridized carbons (Fsp3) is 0.400. The number of thiophene rings is 1. The molecule has 2 amide bonds. The molecule has 0 fully saturated rings. The second kappa shape index (κ2) is 9.06. The average molecular weight is 436 g/mol. The van der Waals surface area contributed by atoms with Crippen LogP contribution in [0.5, 0.6) is 0 Å². The van der Waals surface area contributed by atoms with Crippen LogP contribution in [0.25, 0.3) is 0 Å². The van der Waals surface area contributed by atoms with E-state index in [1.165, 1.54) is 21.3 Å². The summed E-state index contributed by atoms with van der Waals surface area (Å²) in [5.41, 5.74) is 1.32. The Morgan fingerprint density at radius 2 is 1.93 bits per heavy atom. The Morgan fingerprint density at radius 1 is 1.17 bits per heavy atom. The lowest BCUT2D eigenvalue weighted by Crippen LogP contribution is -2.37. The molecule has 1 aromatic carbocycles. The third kappa shape index (κ3) is 5.04. The summed E-state index contributed by atoms with van der Waals surface area (Å²) in [6.45, 7) is 4.95. The molecule has 0 atom stereocenters. The van der Waals surface area contributed by atoms with E-state index in [9.17, 15) is 18.0 Å². The molecule has 0 saturated heterocycles. The summed E-state index contributed by atoms with van der Waals surface area (Å²) in [6, 6.07) is 8.03. The molecule has 0 aliphatic carbocycles. The number of hydrogen-bond donors (Lipinski definition) is 2. The third-order valence-corrected chi connectivity index (χ3v) is 7.60. The van der Waals surface area contributed by atoms with Crippen molar-refractivity contribution in [3.63, 3.8) is 0 Å². The molecule has 9 heteroatoms. The number of rotatable bonds is 7. The molecular weight excluding hydrogens is 410 g/mol. The molecular formula is C20H25N3O4S2.